The van der Waals surface area contributed by atoms with Crippen LogP contribution >= 0.6 is 11.3 Å². The van der Waals surface area contributed by atoms with Crippen LogP contribution in [0.15, 0.2) is 41.4 Å². The summed E-state index contributed by atoms with van der Waals surface area (Å²) < 4.78 is 59.7. The Morgan fingerprint density at radius 2 is 2.00 bits per heavy atom. The van der Waals surface area contributed by atoms with Gasteiger partial charge in [-0.05, 0) is 35.7 Å². The van der Waals surface area contributed by atoms with Crippen molar-refractivity contribution in [3.8, 4) is 11.5 Å². The molecule has 2 aliphatic heterocycles. The summed E-state index contributed by atoms with van der Waals surface area (Å²) in [5, 5.41) is 3.14. The Kier molecular flexibility index (Phi) is 6.86. The largest absolute Gasteiger partial charge is 0.586 e. The molecule has 9 nitrogen and oxygen atoms in total. The number of halogens is 2. The van der Waals surface area contributed by atoms with Gasteiger partial charge in [0.1, 0.15) is 0 Å². The minimum Gasteiger partial charge on any atom is -0.395 e. The zero-order chi connectivity index (χ0) is 27.2. The first-order valence-electron chi connectivity index (χ1n) is 12.0. The summed E-state index contributed by atoms with van der Waals surface area (Å²) in [6.07, 6.45) is -2.36. The number of hydrogen-bond acceptors (Lipinski definition) is 9. The van der Waals surface area contributed by atoms with Crippen molar-refractivity contribution in [3.05, 3.63) is 63.4 Å². The van der Waals surface area contributed by atoms with Crippen LogP contribution in [-0.2, 0) is 29.5 Å². The lowest BCUT2D eigenvalue weighted by Gasteiger charge is -2.27. The summed E-state index contributed by atoms with van der Waals surface area (Å²) in [5.74, 6) is -0.133. The number of nitrogens with zero attached hydrogens (tertiary/aromatic N) is 3. The van der Waals surface area contributed by atoms with Gasteiger partial charge in [-0.1, -0.05) is 26.8 Å². The minimum absolute atomic E-state index is 0.00847. The lowest BCUT2D eigenvalue weighted by atomic mass is 10.0. The van der Waals surface area contributed by atoms with Crippen LogP contribution in [0.1, 0.15) is 58.4 Å². The maximum Gasteiger partial charge on any atom is 0.586 e. The van der Waals surface area contributed by atoms with E-state index in [4.69, 9.17) is 0 Å². The number of nitrogens with one attached hydrogen (secondary N) is 1. The highest BCUT2D eigenvalue weighted by molar-refractivity contribution is 7.91. The van der Waals surface area contributed by atoms with Gasteiger partial charge in [0.2, 0.25) is 0 Å². The topological polar surface area (TPSA) is 111 Å². The molecule has 38 heavy (non-hydrogen) atoms. The van der Waals surface area contributed by atoms with Crippen LogP contribution in [0.5, 0.6) is 11.5 Å². The highest BCUT2D eigenvalue weighted by Gasteiger charge is 2.43. The standard InChI is InChI=1S/C25H26F2N4O5S2/c1-4-38(33,34)17-7-6-16(28-11-17)10-29-23(32)24-30-21-20(37-24)13-31(22(21)14(2)3)12-15-5-8-18-19(9-15)36-25(26,27)35-18/h5-9,11,14,22H,4,10,12-13H2,1-3H3,(H,29,32)/t22-/m0/s1. The number of rotatable bonds is 8. The molecule has 2 aromatic heterocycles. The van der Waals surface area contributed by atoms with E-state index in [1.807, 2.05) is 0 Å². The fourth-order valence-corrected chi connectivity index (χ4v) is 6.46. The summed E-state index contributed by atoms with van der Waals surface area (Å²) >= 11 is 1.32. The van der Waals surface area contributed by atoms with Crippen molar-refractivity contribution in [2.75, 3.05) is 5.75 Å². The zero-order valence-corrected chi connectivity index (χ0v) is 22.5. The predicted octanol–water partition coefficient (Wildman–Crippen LogP) is 4.30. The molecule has 1 amide bonds. The third-order valence-electron chi connectivity index (χ3n) is 6.39. The molecule has 0 saturated carbocycles. The van der Waals surface area contributed by atoms with Gasteiger partial charge in [0.25, 0.3) is 5.91 Å². The van der Waals surface area contributed by atoms with E-state index in [0.717, 1.165) is 16.1 Å². The van der Waals surface area contributed by atoms with Gasteiger partial charge >= 0.3 is 6.29 Å². The number of pyridine rings is 1. The molecule has 0 aliphatic carbocycles. The summed E-state index contributed by atoms with van der Waals surface area (Å²) in [6.45, 7) is 6.91. The molecular formula is C25H26F2N4O5S2. The van der Waals surface area contributed by atoms with Gasteiger partial charge in [-0.3, -0.25) is 14.7 Å². The molecule has 2 aliphatic rings. The highest BCUT2D eigenvalue weighted by Crippen LogP contribution is 2.44. The molecule has 0 spiro atoms. The smallest absolute Gasteiger partial charge is 0.395 e. The quantitative estimate of drug-likeness (QED) is 0.431. The van der Waals surface area contributed by atoms with Crippen LogP contribution < -0.4 is 14.8 Å². The lowest BCUT2D eigenvalue weighted by molar-refractivity contribution is -0.286. The van der Waals surface area contributed by atoms with Gasteiger partial charge in [-0.15, -0.1) is 20.1 Å². The number of sulfone groups is 1. The van der Waals surface area contributed by atoms with Gasteiger partial charge in [0.05, 0.1) is 34.6 Å². The molecule has 3 aromatic rings. The Morgan fingerprint density at radius 1 is 1.24 bits per heavy atom. The summed E-state index contributed by atoms with van der Waals surface area (Å²) in [6, 6.07) is 7.79. The average Bonchev–Trinajstić information content (AvgIpc) is 3.51. The van der Waals surface area contributed by atoms with Gasteiger partial charge < -0.3 is 14.8 Å². The number of fused-ring (bicyclic) bond motifs is 2. The van der Waals surface area contributed by atoms with Crippen LogP contribution in [0.2, 0.25) is 0 Å². The normalized spacial score (nSPS) is 18.1. The second kappa shape index (κ2) is 9.86. The van der Waals surface area contributed by atoms with Crippen LogP contribution in [0.25, 0.3) is 0 Å². The third kappa shape index (κ3) is 5.22. The van der Waals surface area contributed by atoms with Crippen molar-refractivity contribution in [3.63, 3.8) is 0 Å². The molecule has 0 fully saturated rings. The number of carbonyl (C=O) groups is 1. The summed E-state index contributed by atoms with van der Waals surface area (Å²) in [5.41, 5.74) is 2.17. The Labute approximate surface area is 222 Å². The molecule has 5 rings (SSSR count). The van der Waals surface area contributed by atoms with Crippen molar-refractivity contribution in [2.24, 2.45) is 5.92 Å². The number of ether oxygens (including phenoxy) is 2. The van der Waals surface area contributed by atoms with E-state index in [1.165, 1.54) is 29.7 Å². The molecular weight excluding hydrogens is 538 g/mol. The van der Waals surface area contributed by atoms with Crippen molar-refractivity contribution < 1.29 is 31.5 Å². The Bertz CT molecular complexity index is 1480. The van der Waals surface area contributed by atoms with E-state index >= 15 is 0 Å². The van der Waals surface area contributed by atoms with Crippen molar-refractivity contribution in [1.82, 2.24) is 20.2 Å². The number of aromatic nitrogens is 2. The predicted molar refractivity (Wildman–Crippen MR) is 135 cm³/mol. The monoisotopic (exact) mass is 564 g/mol. The number of carbonyl (C=O) groups excluding carboxylic acids is 1. The minimum atomic E-state index is -3.66. The molecule has 4 heterocycles. The van der Waals surface area contributed by atoms with Gasteiger partial charge in [-0.25, -0.2) is 13.4 Å². The molecule has 1 aromatic carbocycles. The maximum atomic E-state index is 13.4. The van der Waals surface area contributed by atoms with E-state index in [9.17, 15) is 22.0 Å². The van der Waals surface area contributed by atoms with Crippen molar-refractivity contribution in [2.45, 2.75) is 57.6 Å². The molecule has 0 radical (unpaired) electrons. The molecule has 1 atom stereocenters. The molecule has 0 saturated heterocycles. The fraction of sp³-hybridized carbons (Fsp3) is 0.400. The molecule has 0 unspecified atom stereocenters. The van der Waals surface area contributed by atoms with E-state index in [1.54, 1.807) is 25.1 Å². The average molecular weight is 565 g/mol. The van der Waals surface area contributed by atoms with Crippen LogP contribution in [0.3, 0.4) is 0 Å². The van der Waals surface area contributed by atoms with Crippen molar-refractivity contribution in [1.29, 1.82) is 0 Å². The fourth-order valence-electron chi connectivity index (χ4n) is 4.59. The van der Waals surface area contributed by atoms with Crippen LogP contribution in [-0.4, -0.2) is 41.2 Å². The third-order valence-corrected chi connectivity index (χ3v) is 9.17. The van der Waals surface area contributed by atoms with Gasteiger partial charge in [-0.2, -0.15) is 0 Å². The number of benzene rings is 1. The molecule has 13 heteroatoms. The highest BCUT2D eigenvalue weighted by atomic mass is 32.2. The Hall–Kier alpha value is -3.16. The Balaban J connectivity index is 1.25. The van der Waals surface area contributed by atoms with E-state index in [0.29, 0.717) is 23.8 Å². The number of thiazole rings is 1. The van der Waals surface area contributed by atoms with Crippen molar-refractivity contribution >= 4 is 27.1 Å². The van der Waals surface area contributed by atoms with E-state index < -0.39 is 16.1 Å². The van der Waals surface area contributed by atoms with Crippen LogP contribution in [0.4, 0.5) is 8.78 Å². The summed E-state index contributed by atoms with van der Waals surface area (Å²) in [4.78, 5) is 24.9. The molecule has 0 bridgehead atoms. The first kappa shape index (κ1) is 26.4. The van der Waals surface area contributed by atoms with Crippen LogP contribution in [0, 0.1) is 5.92 Å². The SMILES string of the molecule is CCS(=O)(=O)c1ccc(CNC(=O)c2nc3c(s2)CN(Cc2ccc4c(c2)OC(F)(F)O4)[C@H]3C(C)C)nc1. The second-order valence-electron chi connectivity index (χ2n) is 9.44. The molecule has 202 valence electrons. The summed E-state index contributed by atoms with van der Waals surface area (Å²) in [7, 11) is -3.34. The van der Waals surface area contributed by atoms with Gasteiger partial charge in [0.15, 0.2) is 26.3 Å². The number of alkyl halides is 2. The zero-order valence-electron chi connectivity index (χ0n) is 20.9. The maximum absolute atomic E-state index is 13.4. The first-order chi connectivity index (χ1) is 18.0. The second-order valence-corrected chi connectivity index (χ2v) is 12.8. The Morgan fingerprint density at radius 3 is 2.68 bits per heavy atom. The number of amides is 1. The lowest BCUT2D eigenvalue weighted by Crippen LogP contribution is -2.27. The van der Waals surface area contributed by atoms with E-state index in [2.05, 4.69) is 43.5 Å². The first-order valence-corrected chi connectivity index (χ1v) is 14.5. The number of hydrogen-bond donors (Lipinski definition) is 1. The van der Waals surface area contributed by atoms with Gasteiger partial charge in [0, 0.05) is 24.2 Å². The molecule has 1 N–H and O–H groups in total. The van der Waals surface area contributed by atoms with E-state index in [-0.39, 0.29) is 46.6 Å².